The Morgan fingerprint density at radius 2 is 1.76 bits per heavy atom. The molecule has 7 heteroatoms. The molecule has 0 aliphatic carbocycles. The largest absolute Gasteiger partial charge is 0.497 e. The third-order valence-electron chi connectivity index (χ3n) is 3.41. The summed E-state index contributed by atoms with van der Waals surface area (Å²) in [7, 11) is 1.55. The average molecular weight is 351 g/mol. The van der Waals surface area contributed by atoms with Gasteiger partial charge in [-0.2, -0.15) is 0 Å². The van der Waals surface area contributed by atoms with E-state index in [-0.39, 0.29) is 13.2 Å². The zero-order valence-corrected chi connectivity index (χ0v) is 15.0. The van der Waals surface area contributed by atoms with Gasteiger partial charge in [-0.05, 0) is 24.6 Å². The van der Waals surface area contributed by atoms with Crippen LogP contribution in [0.1, 0.15) is 32.3 Å². The first kappa shape index (κ1) is 22.3. The fraction of sp³-hybridized carbons (Fsp3) is 0.444. The Morgan fingerprint density at radius 3 is 2.24 bits per heavy atom. The van der Waals surface area contributed by atoms with Crippen molar-refractivity contribution in [1.29, 1.82) is 0 Å². The Labute approximate surface area is 147 Å². The first-order valence-electron chi connectivity index (χ1n) is 7.99. The van der Waals surface area contributed by atoms with E-state index in [4.69, 9.17) is 14.3 Å². The van der Waals surface area contributed by atoms with Crippen molar-refractivity contribution in [2.24, 2.45) is 5.92 Å². The first-order valence-corrected chi connectivity index (χ1v) is 7.99. The van der Waals surface area contributed by atoms with Crippen LogP contribution in [0.3, 0.4) is 0 Å². The molecule has 138 valence electrons. The lowest BCUT2D eigenvalue weighted by Gasteiger charge is -2.27. The van der Waals surface area contributed by atoms with Gasteiger partial charge in [0.25, 0.3) is 0 Å². The summed E-state index contributed by atoms with van der Waals surface area (Å²) in [4.78, 5) is 43.9. The Hall–Kier alpha value is -2.70. The van der Waals surface area contributed by atoms with Gasteiger partial charge in [0.2, 0.25) is 5.91 Å². The van der Waals surface area contributed by atoms with E-state index in [1.807, 2.05) is 20.6 Å². The van der Waals surface area contributed by atoms with Crippen molar-refractivity contribution in [3.05, 3.63) is 29.8 Å². The van der Waals surface area contributed by atoms with E-state index in [0.29, 0.717) is 5.75 Å². The van der Waals surface area contributed by atoms with Crippen molar-refractivity contribution >= 4 is 24.4 Å². The SMILES string of the molecule is C=O.CC.CCOC(=O)C1C(=O)NCC(c2ccc(OC)cc2)C1=O. The average Bonchev–Trinajstić information content (AvgIpc) is 2.65. The molecule has 2 atom stereocenters. The quantitative estimate of drug-likeness (QED) is 0.652. The van der Waals surface area contributed by atoms with Crippen LogP contribution in [0.25, 0.3) is 0 Å². The molecule has 0 radical (unpaired) electrons. The first-order chi connectivity index (χ1) is 12.1. The van der Waals surface area contributed by atoms with E-state index in [2.05, 4.69) is 5.32 Å². The third kappa shape index (κ3) is 5.70. The number of Topliss-reactive ketones (excluding diaryl/α,β-unsaturated/α-hetero) is 1. The lowest BCUT2D eigenvalue weighted by Crippen LogP contribution is -2.50. The number of carbonyl (C=O) groups is 4. The van der Waals surface area contributed by atoms with Gasteiger partial charge in [-0.25, -0.2) is 0 Å². The maximum atomic E-state index is 12.4. The Kier molecular flexibility index (Phi) is 10.5. The highest BCUT2D eigenvalue weighted by molar-refractivity contribution is 6.19. The van der Waals surface area contributed by atoms with Crippen LogP contribution in [-0.2, 0) is 23.9 Å². The van der Waals surface area contributed by atoms with E-state index in [1.54, 1.807) is 38.3 Å². The molecule has 7 nitrogen and oxygen atoms in total. The molecule has 0 aromatic heterocycles. The molecule has 2 unspecified atom stereocenters. The predicted molar refractivity (Wildman–Crippen MR) is 92.3 cm³/mol. The monoisotopic (exact) mass is 351 g/mol. The van der Waals surface area contributed by atoms with Gasteiger partial charge in [0.05, 0.1) is 19.6 Å². The molecule has 1 heterocycles. The van der Waals surface area contributed by atoms with Crippen LogP contribution in [0, 0.1) is 5.92 Å². The summed E-state index contributed by atoms with van der Waals surface area (Å²) in [5.41, 5.74) is 0.732. The molecular formula is C18H25NO6. The van der Waals surface area contributed by atoms with E-state index in [9.17, 15) is 14.4 Å². The topological polar surface area (TPSA) is 98.8 Å². The number of methoxy groups -OCH3 is 1. The van der Waals surface area contributed by atoms with E-state index in [1.165, 1.54) is 0 Å². The van der Waals surface area contributed by atoms with Gasteiger partial charge in [-0.1, -0.05) is 26.0 Å². The molecule has 1 aliphatic heterocycles. The number of rotatable bonds is 4. The number of carbonyl (C=O) groups excluding carboxylic acids is 4. The second-order valence-corrected chi connectivity index (χ2v) is 4.66. The van der Waals surface area contributed by atoms with Gasteiger partial charge in [0.15, 0.2) is 11.7 Å². The fourth-order valence-electron chi connectivity index (χ4n) is 2.30. The van der Waals surface area contributed by atoms with Gasteiger partial charge < -0.3 is 19.6 Å². The highest BCUT2D eigenvalue weighted by Gasteiger charge is 2.43. The fourth-order valence-corrected chi connectivity index (χ4v) is 2.30. The Bertz CT molecular complexity index is 569. The maximum absolute atomic E-state index is 12.4. The van der Waals surface area contributed by atoms with Crippen LogP contribution in [0.5, 0.6) is 5.75 Å². The predicted octanol–water partition coefficient (Wildman–Crippen LogP) is 1.50. The molecule has 1 aromatic carbocycles. The minimum absolute atomic E-state index is 0.128. The molecule has 1 saturated heterocycles. The number of esters is 1. The van der Waals surface area contributed by atoms with E-state index >= 15 is 0 Å². The number of nitrogens with one attached hydrogen (secondary N) is 1. The van der Waals surface area contributed by atoms with Crippen molar-refractivity contribution in [2.45, 2.75) is 26.7 Å². The van der Waals surface area contributed by atoms with Crippen LogP contribution >= 0.6 is 0 Å². The lowest BCUT2D eigenvalue weighted by molar-refractivity contribution is -0.157. The van der Waals surface area contributed by atoms with Gasteiger partial charge in [-0.3, -0.25) is 14.4 Å². The summed E-state index contributed by atoms with van der Waals surface area (Å²) < 4.78 is 9.87. The number of hydrogen-bond acceptors (Lipinski definition) is 6. The third-order valence-corrected chi connectivity index (χ3v) is 3.41. The lowest BCUT2D eigenvalue weighted by atomic mass is 9.83. The highest BCUT2D eigenvalue weighted by atomic mass is 16.5. The summed E-state index contributed by atoms with van der Waals surface area (Å²) in [5.74, 6) is -3.08. The number of piperidine rings is 1. The van der Waals surface area contributed by atoms with Gasteiger partial charge in [-0.15, -0.1) is 0 Å². The summed E-state index contributed by atoms with van der Waals surface area (Å²) in [5, 5.41) is 2.59. The smallest absolute Gasteiger partial charge is 0.326 e. The molecule has 1 aromatic rings. The van der Waals surface area contributed by atoms with Crippen LogP contribution in [-0.4, -0.2) is 44.7 Å². The minimum atomic E-state index is -1.38. The van der Waals surface area contributed by atoms with Crippen molar-refractivity contribution in [3.63, 3.8) is 0 Å². The summed E-state index contributed by atoms with van der Waals surface area (Å²) in [6, 6.07) is 6.97. The number of benzene rings is 1. The highest BCUT2D eigenvalue weighted by Crippen LogP contribution is 2.26. The van der Waals surface area contributed by atoms with Crippen molar-refractivity contribution in [1.82, 2.24) is 5.32 Å². The normalized spacial score (nSPS) is 18.6. The van der Waals surface area contributed by atoms with Gasteiger partial charge in [0.1, 0.15) is 12.5 Å². The number of ketones is 1. The van der Waals surface area contributed by atoms with Crippen molar-refractivity contribution < 1.29 is 28.7 Å². The molecule has 0 bridgehead atoms. The standard InChI is InChI=1S/C15H17NO5.C2H6.CH2O/c1-3-21-15(19)12-13(17)11(8-16-14(12)18)9-4-6-10(20-2)7-5-9;2*1-2/h4-7,11-12H,3,8H2,1-2H3,(H,16,18);1-2H3;1H2. The Morgan fingerprint density at radius 1 is 1.20 bits per heavy atom. The molecule has 1 amide bonds. The second-order valence-electron chi connectivity index (χ2n) is 4.66. The summed E-state index contributed by atoms with van der Waals surface area (Å²) >= 11 is 0. The maximum Gasteiger partial charge on any atom is 0.326 e. The number of ether oxygens (including phenoxy) is 2. The van der Waals surface area contributed by atoms with Crippen LogP contribution in [0.2, 0.25) is 0 Å². The number of hydrogen-bond donors (Lipinski definition) is 1. The zero-order valence-electron chi connectivity index (χ0n) is 15.0. The summed E-state index contributed by atoms with van der Waals surface area (Å²) in [6.45, 7) is 7.94. The van der Waals surface area contributed by atoms with Crippen molar-refractivity contribution in [3.8, 4) is 5.75 Å². The van der Waals surface area contributed by atoms with Gasteiger partial charge in [0, 0.05) is 6.54 Å². The summed E-state index contributed by atoms with van der Waals surface area (Å²) in [6.07, 6.45) is 0. The zero-order chi connectivity index (χ0) is 19.4. The number of amides is 1. The molecule has 0 spiro atoms. The molecule has 0 saturated carbocycles. The van der Waals surface area contributed by atoms with Gasteiger partial charge >= 0.3 is 5.97 Å². The molecule has 1 N–H and O–H groups in total. The molecule has 1 aliphatic rings. The molecule has 2 rings (SSSR count). The van der Waals surface area contributed by atoms with Crippen LogP contribution < -0.4 is 10.1 Å². The molecule has 25 heavy (non-hydrogen) atoms. The molecule has 1 fully saturated rings. The molecular weight excluding hydrogens is 326 g/mol. The van der Waals surface area contributed by atoms with E-state index < -0.39 is 29.5 Å². The van der Waals surface area contributed by atoms with Crippen LogP contribution in [0.15, 0.2) is 24.3 Å². The Balaban J connectivity index is 0.00000134. The van der Waals surface area contributed by atoms with Crippen LogP contribution in [0.4, 0.5) is 0 Å². The van der Waals surface area contributed by atoms with Crippen molar-refractivity contribution in [2.75, 3.05) is 20.3 Å². The van der Waals surface area contributed by atoms with E-state index in [0.717, 1.165) is 5.56 Å². The second kappa shape index (κ2) is 11.8. The minimum Gasteiger partial charge on any atom is -0.497 e.